The molecule has 2 fully saturated rings. The Kier molecular flexibility index (Phi) is 4.97. The molecular formula is C13H24N2O3. The summed E-state index contributed by atoms with van der Waals surface area (Å²) in [5, 5.41) is 6.36. The number of hydrogen-bond acceptors (Lipinski definition) is 4. The van der Waals surface area contributed by atoms with E-state index in [9.17, 15) is 4.79 Å². The van der Waals surface area contributed by atoms with Gasteiger partial charge in [0, 0.05) is 39.1 Å². The van der Waals surface area contributed by atoms with Crippen LogP contribution >= 0.6 is 0 Å². The molecular weight excluding hydrogens is 232 g/mol. The number of piperidine rings is 1. The highest BCUT2D eigenvalue weighted by Crippen LogP contribution is 2.21. The van der Waals surface area contributed by atoms with Crippen molar-refractivity contribution in [2.45, 2.75) is 43.7 Å². The lowest BCUT2D eigenvalue weighted by atomic mass is 10.0. The van der Waals surface area contributed by atoms with Crippen molar-refractivity contribution < 1.29 is 14.3 Å². The van der Waals surface area contributed by atoms with E-state index < -0.39 is 0 Å². The van der Waals surface area contributed by atoms with Crippen LogP contribution in [-0.2, 0) is 14.3 Å². The second kappa shape index (κ2) is 6.50. The molecule has 0 aromatic rings. The van der Waals surface area contributed by atoms with E-state index in [1.807, 2.05) is 0 Å². The van der Waals surface area contributed by atoms with Gasteiger partial charge in [0.25, 0.3) is 0 Å². The average molecular weight is 256 g/mol. The first-order chi connectivity index (χ1) is 8.74. The number of amides is 1. The van der Waals surface area contributed by atoms with Gasteiger partial charge in [-0.05, 0) is 19.4 Å². The van der Waals surface area contributed by atoms with E-state index in [1.165, 1.54) is 12.8 Å². The molecule has 0 spiro atoms. The second-order valence-electron chi connectivity index (χ2n) is 5.32. The predicted octanol–water partition coefficient (Wildman–Crippen LogP) is 0.440. The van der Waals surface area contributed by atoms with E-state index in [-0.39, 0.29) is 11.5 Å². The van der Waals surface area contributed by atoms with Crippen LogP contribution in [0.1, 0.15) is 32.1 Å². The Morgan fingerprint density at radius 1 is 1.56 bits per heavy atom. The Balaban J connectivity index is 1.70. The highest BCUT2D eigenvalue weighted by molar-refractivity contribution is 5.76. The summed E-state index contributed by atoms with van der Waals surface area (Å²) in [4.78, 5) is 11.9. The van der Waals surface area contributed by atoms with Crippen molar-refractivity contribution in [3.8, 4) is 0 Å². The Morgan fingerprint density at radius 2 is 2.44 bits per heavy atom. The number of hydrogen-bond donors (Lipinski definition) is 2. The predicted molar refractivity (Wildman–Crippen MR) is 68.4 cm³/mol. The van der Waals surface area contributed by atoms with Crippen LogP contribution in [0, 0.1) is 0 Å². The van der Waals surface area contributed by atoms with Crippen molar-refractivity contribution in [2.75, 3.05) is 33.4 Å². The van der Waals surface area contributed by atoms with Gasteiger partial charge in [0.1, 0.15) is 5.60 Å². The molecule has 0 radical (unpaired) electrons. The standard InChI is InChI=1S/C13H24N2O3/c1-17-13(5-7-18-10-13)9-15-12(16)8-11-4-2-3-6-14-11/h11,14H,2-10H2,1H3,(H,15,16). The molecule has 0 saturated carbocycles. The van der Waals surface area contributed by atoms with Crippen molar-refractivity contribution in [2.24, 2.45) is 0 Å². The highest BCUT2D eigenvalue weighted by Gasteiger charge is 2.35. The van der Waals surface area contributed by atoms with Crippen molar-refractivity contribution in [3.63, 3.8) is 0 Å². The fraction of sp³-hybridized carbons (Fsp3) is 0.923. The smallest absolute Gasteiger partial charge is 0.221 e. The molecule has 5 nitrogen and oxygen atoms in total. The zero-order valence-electron chi connectivity index (χ0n) is 11.2. The van der Waals surface area contributed by atoms with E-state index in [0.29, 0.717) is 32.2 Å². The van der Waals surface area contributed by atoms with Gasteiger partial charge in [0.05, 0.1) is 6.61 Å². The van der Waals surface area contributed by atoms with Crippen LogP contribution in [0.4, 0.5) is 0 Å². The van der Waals surface area contributed by atoms with E-state index in [1.54, 1.807) is 7.11 Å². The molecule has 2 rings (SSSR count). The monoisotopic (exact) mass is 256 g/mol. The molecule has 2 N–H and O–H groups in total. The molecule has 0 aromatic carbocycles. The molecule has 2 aliphatic rings. The van der Waals surface area contributed by atoms with Gasteiger partial charge in [0.2, 0.25) is 5.91 Å². The van der Waals surface area contributed by atoms with Gasteiger partial charge in [-0.1, -0.05) is 6.42 Å². The number of rotatable bonds is 5. The van der Waals surface area contributed by atoms with E-state index in [2.05, 4.69) is 10.6 Å². The number of carbonyl (C=O) groups excluding carboxylic acids is 1. The summed E-state index contributed by atoms with van der Waals surface area (Å²) < 4.78 is 10.8. The average Bonchev–Trinajstić information content (AvgIpc) is 2.87. The third-order valence-corrected chi connectivity index (χ3v) is 3.95. The SMILES string of the molecule is COC1(CNC(=O)CC2CCCCN2)CCOC1. The lowest BCUT2D eigenvalue weighted by Gasteiger charge is -2.27. The van der Waals surface area contributed by atoms with Gasteiger partial charge in [0.15, 0.2) is 0 Å². The Morgan fingerprint density at radius 3 is 3.06 bits per heavy atom. The summed E-state index contributed by atoms with van der Waals surface area (Å²) in [6, 6.07) is 0.345. The third-order valence-electron chi connectivity index (χ3n) is 3.95. The normalized spacial score (nSPS) is 32.4. The van der Waals surface area contributed by atoms with Crippen LogP contribution < -0.4 is 10.6 Å². The van der Waals surface area contributed by atoms with Crippen LogP contribution in [0.2, 0.25) is 0 Å². The van der Waals surface area contributed by atoms with Crippen molar-refractivity contribution in [1.29, 1.82) is 0 Å². The largest absolute Gasteiger partial charge is 0.378 e. The Labute approximate surface area is 109 Å². The van der Waals surface area contributed by atoms with E-state index in [4.69, 9.17) is 9.47 Å². The molecule has 2 aliphatic heterocycles. The van der Waals surface area contributed by atoms with Gasteiger partial charge < -0.3 is 20.1 Å². The Hall–Kier alpha value is -0.650. The summed E-state index contributed by atoms with van der Waals surface area (Å²) in [7, 11) is 1.68. The molecule has 5 heteroatoms. The molecule has 2 heterocycles. The minimum Gasteiger partial charge on any atom is -0.378 e. The number of nitrogens with one attached hydrogen (secondary N) is 2. The van der Waals surface area contributed by atoms with Gasteiger partial charge >= 0.3 is 0 Å². The minimum absolute atomic E-state index is 0.109. The van der Waals surface area contributed by atoms with Crippen molar-refractivity contribution in [3.05, 3.63) is 0 Å². The molecule has 104 valence electrons. The fourth-order valence-corrected chi connectivity index (χ4v) is 2.61. The lowest BCUT2D eigenvalue weighted by molar-refractivity contribution is -0.123. The van der Waals surface area contributed by atoms with Crippen LogP contribution in [0.5, 0.6) is 0 Å². The first kappa shape index (κ1) is 13.8. The molecule has 0 bridgehead atoms. The van der Waals surface area contributed by atoms with Gasteiger partial charge in [-0.3, -0.25) is 4.79 Å². The minimum atomic E-state index is -0.310. The van der Waals surface area contributed by atoms with E-state index >= 15 is 0 Å². The fourth-order valence-electron chi connectivity index (χ4n) is 2.61. The van der Waals surface area contributed by atoms with Crippen LogP contribution in [-0.4, -0.2) is 51.0 Å². The quantitative estimate of drug-likeness (QED) is 0.749. The second-order valence-corrected chi connectivity index (χ2v) is 5.32. The van der Waals surface area contributed by atoms with Crippen LogP contribution in [0.25, 0.3) is 0 Å². The maximum atomic E-state index is 11.9. The van der Waals surface area contributed by atoms with Crippen molar-refractivity contribution >= 4 is 5.91 Å². The van der Waals surface area contributed by atoms with Crippen LogP contribution in [0.15, 0.2) is 0 Å². The summed E-state index contributed by atoms with van der Waals surface area (Å²) in [6.45, 7) is 2.88. The van der Waals surface area contributed by atoms with Crippen LogP contribution in [0.3, 0.4) is 0 Å². The highest BCUT2D eigenvalue weighted by atomic mass is 16.5. The number of methoxy groups -OCH3 is 1. The molecule has 2 saturated heterocycles. The number of carbonyl (C=O) groups is 1. The molecule has 2 atom stereocenters. The topological polar surface area (TPSA) is 59.6 Å². The number of ether oxygens (including phenoxy) is 2. The molecule has 0 aliphatic carbocycles. The maximum absolute atomic E-state index is 11.9. The van der Waals surface area contributed by atoms with Gasteiger partial charge in [-0.15, -0.1) is 0 Å². The third kappa shape index (κ3) is 3.67. The molecule has 0 aromatic heterocycles. The first-order valence-corrected chi connectivity index (χ1v) is 6.87. The van der Waals surface area contributed by atoms with Crippen molar-refractivity contribution in [1.82, 2.24) is 10.6 Å². The summed E-state index contributed by atoms with van der Waals surface area (Å²) in [5.74, 6) is 0.109. The Bertz CT molecular complexity index is 271. The zero-order chi connectivity index (χ0) is 12.8. The molecule has 18 heavy (non-hydrogen) atoms. The maximum Gasteiger partial charge on any atom is 0.221 e. The van der Waals surface area contributed by atoms with E-state index in [0.717, 1.165) is 19.4 Å². The first-order valence-electron chi connectivity index (χ1n) is 6.87. The van der Waals surface area contributed by atoms with Gasteiger partial charge in [-0.25, -0.2) is 0 Å². The molecule has 1 amide bonds. The summed E-state index contributed by atoms with van der Waals surface area (Å²) >= 11 is 0. The summed E-state index contributed by atoms with van der Waals surface area (Å²) in [5.41, 5.74) is -0.310. The summed E-state index contributed by atoms with van der Waals surface area (Å²) in [6.07, 6.45) is 4.97. The lowest BCUT2D eigenvalue weighted by Crippen LogP contribution is -2.46. The van der Waals surface area contributed by atoms with Gasteiger partial charge in [-0.2, -0.15) is 0 Å². The zero-order valence-corrected chi connectivity index (χ0v) is 11.2. The molecule has 2 unspecified atom stereocenters.